The summed E-state index contributed by atoms with van der Waals surface area (Å²) >= 11 is 8.43. The van der Waals surface area contributed by atoms with E-state index >= 15 is 0 Å². The first-order chi connectivity index (χ1) is 14.7. The van der Waals surface area contributed by atoms with Crippen LogP contribution in [0.3, 0.4) is 0 Å². The van der Waals surface area contributed by atoms with Gasteiger partial charge < -0.3 is 24.3 Å². The molecule has 1 unspecified atom stereocenters. The zero-order chi connectivity index (χ0) is 20.2. The summed E-state index contributed by atoms with van der Waals surface area (Å²) in [6, 6.07) is 10.7. The van der Waals surface area contributed by atoms with Gasteiger partial charge in [-0.25, -0.2) is 4.98 Å². The number of hydrogen-bond acceptors (Lipinski definition) is 7. The van der Waals surface area contributed by atoms with Crippen molar-refractivity contribution in [2.45, 2.75) is 41.7 Å². The van der Waals surface area contributed by atoms with Crippen LogP contribution >= 0.6 is 23.4 Å². The molecule has 0 saturated carbocycles. The number of aromatic nitrogens is 3. The van der Waals surface area contributed by atoms with E-state index in [-0.39, 0.29) is 24.9 Å². The third kappa shape index (κ3) is 3.18. The van der Waals surface area contributed by atoms with Crippen molar-refractivity contribution in [2.75, 3.05) is 19.0 Å². The van der Waals surface area contributed by atoms with Gasteiger partial charge in [0, 0.05) is 10.6 Å². The summed E-state index contributed by atoms with van der Waals surface area (Å²) in [6.07, 6.45) is -0.796. The fourth-order valence-electron chi connectivity index (χ4n) is 4.45. The lowest BCUT2D eigenvalue weighted by molar-refractivity contribution is 0.00706. The van der Waals surface area contributed by atoms with Crippen LogP contribution in [0.4, 0.5) is 0 Å². The molecule has 5 atom stereocenters. The minimum atomic E-state index is -0.610. The molecule has 2 fully saturated rings. The average Bonchev–Trinajstić information content (AvgIpc) is 3.49. The predicted molar refractivity (Wildman–Crippen MR) is 112 cm³/mol. The van der Waals surface area contributed by atoms with Gasteiger partial charge in [0.25, 0.3) is 6.01 Å². The van der Waals surface area contributed by atoms with E-state index in [4.69, 9.17) is 30.8 Å². The van der Waals surface area contributed by atoms with Crippen LogP contribution < -0.4 is 4.74 Å². The van der Waals surface area contributed by atoms with Crippen molar-refractivity contribution in [3.8, 4) is 6.01 Å². The molecule has 0 bridgehead atoms. The number of imidazole rings is 1. The van der Waals surface area contributed by atoms with E-state index in [1.165, 1.54) is 10.5 Å². The Morgan fingerprint density at radius 1 is 1.20 bits per heavy atom. The summed E-state index contributed by atoms with van der Waals surface area (Å²) in [5.41, 5.74) is 3.51. The zero-order valence-electron chi connectivity index (χ0n) is 16.0. The monoisotopic (exact) mass is 445 g/mol. The Hall–Kier alpha value is -1.84. The molecule has 0 spiro atoms. The van der Waals surface area contributed by atoms with Gasteiger partial charge in [0.1, 0.15) is 18.3 Å². The van der Waals surface area contributed by atoms with Gasteiger partial charge >= 0.3 is 0 Å². The highest BCUT2D eigenvalue weighted by atomic mass is 35.5. The molecule has 3 aromatic rings. The molecule has 1 aromatic carbocycles. The standard InChI is InChI=1S/C21H20ClN3O4S/c22-12-6-14-20(23-13(12)5-10-9-30-17-4-2-1-3-11(10)17)25-21(24-14)29-16-8-28-18-15(26)7-27-19(16)18/h1-4,6,10,15-16,18-19,26H,5,7-9H2,(H,23,24,25)/t10?,15-,16-,18-,19-/m1/s1. The van der Waals surface area contributed by atoms with Crippen molar-refractivity contribution in [3.05, 3.63) is 46.6 Å². The highest BCUT2D eigenvalue weighted by Gasteiger charge is 2.48. The van der Waals surface area contributed by atoms with E-state index in [2.05, 4.69) is 34.2 Å². The maximum absolute atomic E-state index is 9.88. The molecule has 9 heteroatoms. The van der Waals surface area contributed by atoms with Crippen LogP contribution in [0.2, 0.25) is 5.02 Å². The number of fused-ring (bicyclic) bond motifs is 3. The fraction of sp³-hybridized carbons (Fsp3) is 0.429. The molecule has 6 rings (SSSR count). The van der Waals surface area contributed by atoms with Crippen molar-refractivity contribution >= 4 is 34.5 Å². The first kappa shape index (κ1) is 18.9. The zero-order valence-corrected chi connectivity index (χ0v) is 17.5. The maximum atomic E-state index is 9.88. The number of hydrogen-bond donors (Lipinski definition) is 2. The number of ether oxygens (including phenoxy) is 3. The number of aromatic amines is 1. The Labute approximate surface area is 182 Å². The Balaban J connectivity index is 1.23. The lowest BCUT2D eigenvalue weighted by atomic mass is 9.96. The summed E-state index contributed by atoms with van der Waals surface area (Å²) < 4.78 is 17.2. The molecule has 5 heterocycles. The number of rotatable bonds is 4. The molecule has 0 aliphatic carbocycles. The third-order valence-electron chi connectivity index (χ3n) is 5.96. The normalized spacial score (nSPS) is 30.0. The van der Waals surface area contributed by atoms with Crippen molar-refractivity contribution in [1.82, 2.24) is 15.0 Å². The molecule has 30 heavy (non-hydrogen) atoms. The molecular formula is C21H20ClN3O4S. The van der Waals surface area contributed by atoms with Gasteiger partial charge in [-0.15, -0.1) is 11.8 Å². The van der Waals surface area contributed by atoms with Crippen molar-refractivity contribution in [2.24, 2.45) is 0 Å². The molecule has 156 valence electrons. The smallest absolute Gasteiger partial charge is 0.296 e. The van der Waals surface area contributed by atoms with Crippen LogP contribution in [-0.2, 0) is 15.9 Å². The summed E-state index contributed by atoms with van der Waals surface area (Å²) in [7, 11) is 0. The van der Waals surface area contributed by atoms with Crippen LogP contribution in [0.15, 0.2) is 35.2 Å². The SMILES string of the molecule is O[C@@H]1CO[C@H]2[C@@H]1OC[C@H]2Oc1nc2nc(CC3CSc4ccccc43)c(Cl)cc2[nH]1. The van der Waals surface area contributed by atoms with Crippen molar-refractivity contribution < 1.29 is 19.3 Å². The van der Waals surface area contributed by atoms with E-state index in [1.54, 1.807) is 0 Å². The molecule has 0 amide bonds. The van der Waals surface area contributed by atoms with Crippen LogP contribution in [0, 0.1) is 0 Å². The van der Waals surface area contributed by atoms with E-state index in [0.717, 1.165) is 23.4 Å². The van der Waals surface area contributed by atoms with Gasteiger partial charge in [-0.2, -0.15) is 4.98 Å². The largest absolute Gasteiger partial charge is 0.456 e. The number of aliphatic hydroxyl groups excluding tert-OH is 1. The molecule has 2 aromatic heterocycles. The predicted octanol–water partition coefficient (Wildman–Crippen LogP) is 2.95. The Morgan fingerprint density at radius 2 is 2.07 bits per heavy atom. The van der Waals surface area contributed by atoms with Gasteiger partial charge in [0.05, 0.1) is 29.4 Å². The summed E-state index contributed by atoms with van der Waals surface area (Å²) in [4.78, 5) is 13.7. The van der Waals surface area contributed by atoms with E-state index in [9.17, 15) is 5.11 Å². The van der Waals surface area contributed by atoms with Gasteiger partial charge in [-0.05, 0) is 30.0 Å². The third-order valence-corrected chi connectivity index (χ3v) is 7.54. The number of pyridine rings is 1. The second-order valence-electron chi connectivity index (χ2n) is 7.90. The number of H-pyrrole nitrogens is 1. The van der Waals surface area contributed by atoms with Gasteiger partial charge in [0.15, 0.2) is 11.8 Å². The molecule has 3 aliphatic rings. The molecule has 2 N–H and O–H groups in total. The molecular weight excluding hydrogens is 426 g/mol. The second kappa shape index (κ2) is 7.39. The van der Waals surface area contributed by atoms with E-state index in [0.29, 0.717) is 29.2 Å². The molecule has 7 nitrogen and oxygen atoms in total. The Kier molecular flexibility index (Phi) is 4.65. The lowest BCUT2D eigenvalue weighted by Gasteiger charge is -2.15. The average molecular weight is 446 g/mol. The fourth-order valence-corrected chi connectivity index (χ4v) is 5.93. The van der Waals surface area contributed by atoms with E-state index in [1.807, 2.05) is 17.8 Å². The molecule has 2 saturated heterocycles. The summed E-state index contributed by atoms with van der Waals surface area (Å²) in [5, 5.41) is 10.5. The number of nitrogens with one attached hydrogen (secondary N) is 1. The lowest BCUT2D eigenvalue weighted by Crippen LogP contribution is -2.34. The van der Waals surface area contributed by atoms with Crippen molar-refractivity contribution in [3.63, 3.8) is 0 Å². The van der Waals surface area contributed by atoms with Gasteiger partial charge in [0.2, 0.25) is 0 Å². The second-order valence-corrected chi connectivity index (χ2v) is 9.37. The van der Waals surface area contributed by atoms with Crippen LogP contribution in [-0.4, -0.2) is 63.4 Å². The van der Waals surface area contributed by atoms with Crippen LogP contribution in [0.1, 0.15) is 17.2 Å². The van der Waals surface area contributed by atoms with E-state index < -0.39 is 6.10 Å². The number of halogens is 1. The van der Waals surface area contributed by atoms with Crippen LogP contribution in [0.25, 0.3) is 11.2 Å². The minimum Gasteiger partial charge on any atom is -0.456 e. The topological polar surface area (TPSA) is 89.5 Å². The Morgan fingerprint density at radius 3 is 3.00 bits per heavy atom. The quantitative estimate of drug-likeness (QED) is 0.638. The first-order valence-electron chi connectivity index (χ1n) is 10.0. The molecule has 3 aliphatic heterocycles. The van der Waals surface area contributed by atoms with Gasteiger partial charge in [-0.3, -0.25) is 0 Å². The van der Waals surface area contributed by atoms with Crippen LogP contribution in [0.5, 0.6) is 6.01 Å². The summed E-state index contributed by atoms with van der Waals surface area (Å²) in [6.45, 7) is 0.611. The molecule has 0 radical (unpaired) electrons. The number of nitrogens with zero attached hydrogens (tertiary/aromatic N) is 2. The number of benzene rings is 1. The van der Waals surface area contributed by atoms with Crippen molar-refractivity contribution in [1.29, 1.82) is 0 Å². The highest BCUT2D eigenvalue weighted by Crippen LogP contribution is 2.41. The maximum Gasteiger partial charge on any atom is 0.296 e. The summed E-state index contributed by atoms with van der Waals surface area (Å²) in [5.74, 6) is 1.42. The number of aliphatic hydroxyl groups is 1. The van der Waals surface area contributed by atoms with Gasteiger partial charge in [-0.1, -0.05) is 29.8 Å². The highest BCUT2D eigenvalue weighted by molar-refractivity contribution is 7.99. The minimum absolute atomic E-state index is 0.262. The number of thioether (sulfide) groups is 1. The Bertz CT molecular complexity index is 1110. The first-order valence-corrected chi connectivity index (χ1v) is 11.4.